The van der Waals surface area contributed by atoms with E-state index in [0.717, 1.165) is 29.9 Å². The molecule has 2 fully saturated rings. The summed E-state index contributed by atoms with van der Waals surface area (Å²) in [5.74, 6) is -3.04. The van der Waals surface area contributed by atoms with E-state index in [1.807, 2.05) is 24.3 Å². The van der Waals surface area contributed by atoms with Gasteiger partial charge in [0, 0.05) is 29.6 Å². The lowest BCUT2D eigenvalue weighted by Crippen LogP contribution is -2.52. The molecule has 0 aromatic heterocycles. The smallest absolute Gasteiger partial charge is 0.289 e. The van der Waals surface area contributed by atoms with Gasteiger partial charge in [-0.2, -0.15) is 0 Å². The number of nitrogens with one attached hydrogen (secondary N) is 4. The maximum atomic E-state index is 13.2. The molecule has 41 heavy (non-hydrogen) atoms. The highest BCUT2D eigenvalue weighted by Gasteiger charge is 2.47. The lowest BCUT2D eigenvalue weighted by Gasteiger charge is -2.25. The fraction of sp³-hybridized carbons (Fsp3) is 0.452. The molecule has 0 bridgehead atoms. The molecule has 2 aromatic rings. The number of ketones is 1. The predicted octanol–water partition coefficient (Wildman–Crippen LogP) is 1.54. The number of fused-ring (bicyclic) bond motifs is 3. The van der Waals surface area contributed by atoms with Crippen LogP contribution in [0.2, 0.25) is 0 Å². The molecule has 218 valence electrons. The highest BCUT2D eigenvalue weighted by molar-refractivity contribution is 6.38. The molecule has 5 rings (SSSR count). The molecule has 2 aliphatic carbocycles. The molecule has 0 spiro atoms. The van der Waals surface area contributed by atoms with Gasteiger partial charge in [0.25, 0.3) is 11.8 Å². The van der Waals surface area contributed by atoms with Crippen molar-refractivity contribution in [3.8, 4) is 11.1 Å². The Morgan fingerprint density at radius 3 is 2.02 bits per heavy atom. The van der Waals surface area contributed by atoms with Crippen molar-refractivity contribution in [2.75, 3.05) is 13.1 Å². The van der Waals surface area contributed by atoms with Crippen molar-refractivity contribution in [3.63, 3.8) is 0 Å². The first-order chi connectivity index (χ1) is 19.5. The quantitative estimate of drug-likeness (QED) is 0.292. The van der Waals surface area contributed by atoms with Gasteiger partial charge in [0.15, 0.2) is 5.60 Å². The first kappa shape index (κ1) is 29.9. The minimum atomic E-state index is -1.99. The topological polar surface area (TPSA) is 154 Å². The predicted molar refractivity (Wildman–Crippen MR) is 152 cm³/mol. The van der Waals surface area contributed by atoms with Gasteiger partial charge >= 0.3 is 0 Å². The molecule has 2 atom stereocenters. The summed E-state index contributed by atoms with van der Waals surface area (Å²) in [5.41, 5.74) is 0.275. The lowest BCUT2D eigenvalue weighted by molar-refractivity contribution is -0.141. The summed E-state index contributed by atoms with van der Waals surface area (Å²) < 4.78 is 0. The molecule has 2 aromatic carbocycles. The van der Waals surface area contributed by atoms with E-state index in [9.17, 15) is 29.1 Å². The average Bonchev–Trinajstić information content (AvgIpc) is 3.61. The standard InChI is InChI=1S/C27H28N4O6.C4H10/c32-22(31-21(13-15-11-12-28-24(15)34)23(33)25(35)30-16-9-10-16)14-29-26(36)27(37)19-7-3-1-5-17(19)18-6-2-4-8-20(18)27;1-4(2)3/h1-8,15-16,21,37H,9-14H2,(H,28,34)(H,29,36)(H,30,35)(H,31,32);4H,1-3H3. The van der Waals surface area contributed by atoms with Crippen LogP contribution in [0.4, 0.5) is 0 Å². The Hall–Kier alpha value is -4.05. The highest BCUT2D eigenvalue weighted by atomic mass is 16.3. The summed E-state index contributed by atoms with van der Waals surface area (Å²) in [7, 11) is 0. The summed E-state index contributed by atoms with van der Waals surface area (Å²) in [5, 5.41) is 21.8. The number of hydrogen-bond acceptors (Lipinski definition) is 6. The minimum absolute atomic E-state index is 0.0207. The number of rotatable bonds is 9. The van der Waals surface area contributed by atoms with Crippen molar-refractivity contribution in [1.29, 1.82) is 0 Å². The van der Waals surface area contributed by atoms with E-state index < -0.39 is 47.6 Å². The van der Waals surface area contributed by atoms with Crippen LogP contribution < -0.4 is 21.3 Å². The average molecular weight is 563 g/mol. The van der Waals surface area contributed by atoms with Crippen LogP contribution in [-0.2, 0) is 29.6 Å². The van der Waals surface area contributed by atoms with Crippen LogP contribution in [0.5, 0.6) is 0 Å². The molecule has 1 heterocycles. The fourth-order valence-electron chi connectivity index (χ4n) is 5.02. The van der Waals surface area contributed by atoms with Crippen molar-refractivity contribution in [3.05, 3.63) is 59.7 Å². The van der Waals surface area contributed by atoms with Crippen molar-refractivity contribution >= 4 is 29.4 Å². The van der Waals surface area contributed by atoms with Gasteiger partial charge in [-0.15, -0.1) is 0 Å². The van der Waals surface area contributed by atoms with E-state index in [4.69, 9.17) is 0 Å². The minimum Gasteiger partial charge on any atom is -0.372 e. The van der Waals surface area contributed by atoms with Gasteiger partial charge in [0.2, 0.25) is 17.6 Å². The van der Waals surface area contributed by atoms with Crippen molar-refractivity contribution in [1.82, 2.24) is 21.3 Å². The molecule has 4 amide bonds. The number of aliphatic hydroxyl groups is 1. The SMILES string of the molecule is CC(C)C.O=C(CNC(=O)C1(O)c2ccccc2-c2ccccc21)NC(CC1CCNC1=O)C(=O)C(=O)NC1CC1. The number of carbonyl (C=O) groups is 5. The first-order valence-electron chi connectivity index (χ1n) is 14.1. The Labute approximate surface area is 239 Å². The van der Waals surface area contributed by atoms with Crippen molar-refractivity contribution < 1.29 is 29.1 Å². The lowest BCUT2D eigenvalue weighted by atomic mass is 9.90. The zero-order chi connectivity index (χ0) is 29.7. The summed E-state index contributed by atoms with van der Waals surface area (Å²) in [6, 6.07) is 12.8. The molecule has 3 aliphatic rings. The Morgan fingerprint density at radius 1 is 0.951 bits per heavy atom. The van der Waals surface area contributed by atoms with Gasteiger partial charge in [-0.1, -0.05) is 69.3 Å². The number of benzene rings is 2. The van der Waals surface area contributed by atoms with Crippen molar-refractivity contribution in [2.45, 2.75) is 64.1 Å². The van der Waals surface area contributed by atoms with E-state index in [-0.39, 0.29) is 18.4 Å². The van der Waals surface area contributed by atoms with Gasteiger partial charge in [-0.3, -0.25) is 24.0 Å². The van der Waals surface area contributed by atoms with Crippen LogP contribution in [0.1, 0.15) is 57.6 Å². The molecular weight excluding hydrogens is 524 g/mol. The zero-order valence-electron chi connectivity index (χ0n) is 23.7. The Bertz CT molecular complexity index is 1290. The third-order valence-corrected chi connectivity index (χ3v) is 7.13. The van der Waals surface area contributed by atoms with E-state index in [0.29, 0.717) is 24.1 Å². The van der Waals surface area contributed by atoms with Crippen LogP contribution in [0.3, 0.4) is 0 Å². The van der Waals surface area contributed by atoms with Crippen LogP contribution >= 0.6 is 0 Å². The molecule has 1 aliphatic heterocycles. The molecule has 0 radical (unpaired) electrons. The number of Topliss-reactive ketones (excluding diaryl/α,β-unsaturated/α-hetero) is 1. The largest absolute Gasteiger partial charge is 0.372 e. The van der Waals surface area contributed by atoms with Crippen LogP contribution in [0.25, 0.3) is 11.1 Å². The van der Waals surface area contributed by atoms with Gasteiger partial charge < -0.3 is 26.4 Å². The van der Waals surface area contributed by atoms with Gasteiger partial charge in [0.1, 0.15) is 0 Å². The third-order valence-electron chi connectivity index (χ3n) is 7.13. The zero-order valence-corrected chi connectivity index (χ0v) is 23.7. The molecule has 1 saturated carbocycles. The molecule has 10 nitrogen and oxygen atoms in total. The highest BCUT2D eigenvalue weighted by Crippen LogP contribution is 2.47. The molecule has 2 unspecified atom stereocenters. The molecule has 10 heteroatoms. The summed E-state index contributed by atoms with van der Waals surface area (Å²) in [6.07, 6.45) is 2.06. The second kappa shape index (κ2) is 12.6. The number of hydrogen-bond donors (Lipinski definition) is 5. The Morgan fingerprint density at radius 2 is 1.51 bits per heavy atom. The molecule has 1 saturated heterocycles. The van der Waals surface area contributed by atoms with E-state index in [1.165, 1.54) is 0 Å². The summed E-state index contributed by atoms with van der Waals surface area (Å²) in [4.78, 5) is 63.3. The second-order valence-corrected chi connectivity index (χ2v) is 11.5. The third kappa shape index (κ3) is 6.82. The van der Waals surface area contributed by atoms with E-state index in [1.54, 1.807) is 24.3 Å². The van der Waals surface area contributed by atoms with Crippen LogP contribution in [0, 0.1) is 11.8 Å². The van der Waals surface area contributed by atoms with Gasteiger partial charge in [-0.05, 0) is 42.7 Å². The summed E-state index contributed by atoms with van der Waals surface area (Å²) in [6.45, 7) is 6.43. The maximum Gasteiger partial charge on any atom is 0.289 e. The number of amides is 4. The Kier molecular flexibility index (Phi) is 9.22. The fourth-order valence-corrected chi connectivity index (χ4v) is 5.02. The monoisotopic (exact) mass is 562 g/mol. The van der Waals surface area contributed by atoms with E-state index >= 15 is 0 Å². The second-order valence-electron chi connectivity index (χ2n) is 11.5. The summed E-state index contributed by atoms with van der Waals surface area (Å²) >= 11 is 0. The number of carbonyl (C=O) groups excluding carboxylic acids is 5. The van der Waals surface area contributed by atoms with Crippen molar-refractivity contribution in [2.24, 2.45) is 11.8 Å². The van der Waals surface area contributed by atoms with Gasteiger partial charge in [0.05, 0.1) is 12.6 Å². The van der Waals surface area contributed by atoms with Crippen LogP contribution in [-0.4, -0.2) is 59.7 Å². The van der Waals surface area contributed by atoms with Crippen LogP contribution in [0.15, 0.2) is 48.5 Å². The molecular formula is C31H38N4O6. The van der Waals surface area contributed by atoms with Gasteiger partial charge in [-0.25, -0.2) is 0 Å². The first-order valence-corrected chi connectivity index (χ1v) is 14.1. The molecule has 5 N–H and O–H groups in total. The van der Waals surface area contributed by atoms with E-state index in [2.05, 4.69) is 42.0 Å². The maximum absolute atomic E-state index is 13.2. The normalized spacial score (nSPS) is 18.7. The Balaban J connectivity index is 0.000000909.